The largest absolute Gasteiger partial charge is 0.375 e. The Balaban J connectivity index is 1.55. The van der Waals surface area contributed by atoms with Crippen molar-refractivity contribution in [3.05, 3.63) is 30.1 Å². The summed E-state index contributed by atoms with van der Waals surface area (Å²) in [5.74, 6) is 0. The van der Waals surface area contributed by atoms with Gasteiger partial charge in [0.25, 0.3) is 0 Å². The summed E-state index contributed by atoms with van der Waals surface area (Å²) in [6.45, 7) is 3.49. The van der Waals surface area contributed by atoms with Crippen LogP contribution < -0.4 is 4.72 Å². The minimum Gasteiger partial charge on any atom is -0.375 e. The van der Waals surface area contributed by atoms with Crippen LogP contribution in [0.2, 0.25) is 0 Å². The summed E-state index contributed by atoms with van der Waals surface area (Å²) < 4.78 is 31.7. The molecule has 1 atom stereocenters. The van der Waals surface area contributed by atoms with Gasteiger partial charge in [-0.1, -0.05) is 6.07 Å². The van der Waals surface area contributed by atoms with E-state index in [0.717, 1.165) is 45.3 Å². The van der Waals surface area contributed by atoms with E-state index < -0.39 is 10.0 Å². The number of hydrogen-bond donors (Lipinski definition) is 1. The maximum Gasteiger partial charge on any atom is 0.208 e. The number of sulfonamides is 1. The van der Waals surface area contributed by atoms with Crippen LogP contribution in [0.25, 0.3) is 0 Å². The van der Waals surface area contributed by atoms with Crippen molar-refractivity contribution in [3.8, 4) is 0 Å². The molecular weight excluding hydrogens is 314 g/mol. The first-order valence-electron chi connectivity index (χ1n) is 8.17. The lowest BCUT2D eigenvalue weighted by molar-refractivity contribution is -0.118. The molecule has 2 fully saturated rings. The van der Waals surface area contributed by atoms with Gasteiger partial charge in [-0.3, -0.25) is 9.88 Å². The molecule has 0 saturated carbocycles. The van der Waals surface area contributed by atoms with Gasteiger partial charge in [0.15, 0.2) is 0 Å². The monoisotopic (exact) mass is 339 g/mol. The second-order valence-electron chi connectivity index (χ2n) is 6.75. The Morgan fingerprint density at radius 1 is 1.43 bits per heavy atom. The summed E-state index contributed by atoms with van der Waals surface area (Å²) in [5.41, 5.74) is 1.07. The molecule has 7 heteroatoms. The SMILES string of the molecule is CS(=O)(=O)N[C@@H]1CCOC2(CCN(Cc3cccnc3)CC2)C1. The van der Waals surface area contributed by atoms with E-state index in [4.69, 9.17) is 4.74 Å². The molecule has 23 heavy (non-hydrogen) atoms. The van der Waals surface area contributed by atoms with Gasteiger partial charge in [0.05, 0.1) is 11.9 Å². The second-order valence-corrected chi connectivity index (χ2v) is 8.53. The summed E-state index contributed by atoms with van der Waals surface area (Å²) >= 11 is 0. The fourth-order valence-corrected chi connectivity index (χ4v) is 4.45. The summed E-state index contributed by atoms with van der Waals surface area (Å²) in [6, 6.07) is 4.07. The summed E-state index contributed by atoms with van der Waals surface area (Å²) in [7, 11) is -3.15. The first-order valence-corrected chi connectivity index (χ1v) is 10.1. The number of rotatable bonds is 4. The fraction of sp³-hybridized carbons (Fsp3) is 0.688. The van der Waals surface area contributed by atoms with Gasteiger partial charge < -0.3 is 4.74 Å². The Kier molecular flexibility index (Phi) is 5.01. The van der Waals surface area contributed by atoms with E-state index >= 15 is 0 Å². The van der Waals surface area contributed by atoms with Gasteiger partial charge >= 0.3 is 0 Å². The zero-order valence-electron chi connectivity index (χ0n) is 13.6. The highest BCUT2D eigenvalue weighted by atomic mass is 32.2. The normalized spacial score (nSPS) is 25.5. The van der Waals surface area contributed by atoms with Crippen LogP contribution in [0.15, 0.2) is 24.5 Å². The van der Waals surface area contributed by atoms with Crippen molar-refractivity contribution >= 4 is 10.0 Å². The van der Waals surface area contributed by atoms with E-state index in [-0.39, 0.29) is 11.6 Å². The van der Waals surface area contributed by atoms with E-state index in [1.165, 1.54) is 11.8 Å². The number of likely N-dealkylation sites (tertiary alicyclic amines) is 1. The third kappa shape index (κ3) is 4.73. The highest BCUT2D eigenvalue weighted by Gasteiger charge is 2.40. The van der Waals surface area contributed by atoms with Crippen LogP contribution in [0, 0.1) is 0 Å². The molecular formula is C16H25N3O3S. The average Bonchev–Trinajstić information content (AvgIpc) is 2.50. The van der Waals surface area contributed by atoms with Gasteiger partial charge in [-0.15, -0.1) is 0 Å². The van der Waals surface area contributed by atoms with Crippen LogP contribution in [0.3, 0.4) is 0 Å². The molecule has 0 bridgehead atoms. The first-order chi connectivity index (χ1) is 10.9. The lowest BCUT2D eigenvalue weighted by atomic mass is 9.82. The fourth-order valence-electron chi connectivity index (χ4n) is 3.65. The van der Waals surface area contributed by atoms with Gasteiger partial charge in [-0.25, -0.2) is 13.1 Å². The lowest BCUT2D eigenvalue weighted by Gasteiger charge is -2.46. The molecule has 0 unspecified atom stereocenters. The van der Waals surface area contributed by atoms with Crippen LogP contribution in [-0.2, 0) is 21.3 Å². The lowest BCUT2D eigenvalue weighted by Crippen LogP contribution is -2.53. The van der Waals surface area contributed by atoms with Crippen molar-refractivity contribution in [3.63, 3.8) is 0 Å². The molecule has 1 aromatic heterocycles. The number of hydrogen-bond acceptors (Lipinski definition) is 5. The molecule has 0 radical (unpaired) electrons. The summed E-state index contributed by atoms with van der Waals surface area (Å²) in [5, 5.41) is 0. The smallest absolute Gasteiger partial charge is 0.208 e. The molecule has 6 nitrogen and oxygen atoms in total. The molecule has 0 amide bonds. The van der Waals surface area contributed by atoms with E-state index in [1.54, 1.807) is 6.20 Å². The number of pyridine rings is 1. The minimum atomic E-state index is -3.15. The maximum atomic E-state index is 11.5. The number of nitrogens with one attached hydrogen (secondary N) is 1. The van der Waals surface area contributed by atoms with Gasteiger partial charge in [-0.2, -0.15) is 0 Å². The number of piperidine rings is 1. The average molecular weight is 339 g/mol. The Hall–Kier alpha value is -1.02. The molecule has 2 aliphatic heterocycles. The van der Waals surface area contributed by atoms with Crippen LogP contribution in [-0.4, -0.2) is 55.9 Å². The van der Waals surface area contributed by atoms with Crippen LogP contribution in [0.1, 0.15) is 31.2 Å². The molecule has 0 aliphatic carbocycles. The molecule has 2 saturated heterocycles. The molecule has 128 valence electrons. The number of aromatic nitrogens is 1. The molecule has 2 aliphatic rings. The van der Waals surface area contributed by atoms with E-state index in [0.29, 0.717) is 6.61 Å². The van der Waals surface area contributed by atoms with Crippen LogP contribution in [0.4, 0.5) is 0 Å². The summed E-state index contributed by atoms with van der Waals surface area (Å²) in [6.07, 6.45) is 8.37. The van der Waals surface area contributed by atoms with E-state index in [2.05, 4.69) is 20.7 Å². The predicted octanol–water partition coefficient (Wildman–Crippen LogP) is 1.14. The third-order valence-electron chi connectivity index (χ3n) is 4.77. The first kappa shape index (κ1) is 16.8. The third-order valence-corrected chi connectivity index (χ3v) is 5.53. The van der Waals surface area contributed by atoms with Crippen molar-refractivity contribution in [1.29, 1.82) is 0 Å². The second kappa shape index (κ2) is 6.84. The molecule has 0 aromatic carbocycles. The van der Waals surface area contributed by atoms with Crippen molar-refractivity contribution < 1.29 is 13.2 Å². The molecule has 3 heterocycles. The highest BCUT2D eigenvalue weighted by Crippen LogP contribution is 2.35. The van der Waals surface area contributed by atoms with Crippen LogP contribution >= 0.6 is 0 Å². The van der Waals surface area contributed by atoms with Gasteiger partial charge in [0, 0.05) is 44.7 Å². The molecule has 1 N–H and O–H groups in total. The Labute approximate surface area is 138 Å². The zero-order chi connectivity index (χ0) is 16.3. The van der Waals surface area contributed by atoms with E-state index in [1.807, 2.05) is 12.3 Å². The molecule has 1 spiro atoms. The number of ether oxygens (including phenoxy) is 1. The van der Waals surface area contributed by atoms with Crippen LogP contribution in [0.5, 0.6) is 0 Å². The molecule has 3 rings (SSSR count). The zero-order valence-corrected chi connectivity index (χ0v) is 14.4. The standard InChI is InChI=1S/C16H25N3O3S/c1-23(20,21)18-15-4-10-22-16(11-15)5-8-19(9-6-16)13-14-3-2-7-17-12-14/h2-3,7,12,15,18H,4-6,8-11,13H2,1H3/t15-/m1/s1. The van der Waals surface area contributed by atoms with Gasteiger partial charge in [0.2, 0.25) is 10.0 Å². The Bertz CT molecular complexity index is 613. The predicted molar refractivity (Wildman–Crippen MR) is 88.4 cm³/mol. The highest BCUT2D eigenvalue weighted by molar-refractivity contribution is 7.88. The maximum absolute atomic E-state index is 11.5. The quantitative estimate of drug-likeness (QED) is 0.891. The van der Waals surface area contributed by atoms with Crippen molar-refractivity contribution in [2.45, 2.75) is 43.9 Å². The van der Waals surface area contributed by atoms with Gasteiger partial charge in [0.1, 0.15) is 0 Å². The number of nitrogens with zero attached hydrogens (tertiary/aromatic N) is 2. The van der Waals surface area contributed by atoms with E-state index in [9.17, 15) is 8.42 Å². The minimum absolute atomic E-state index is 0.00335. The van der Waals surface area contributed by atoms with Gasteiger partial charge in [-0.05, 0) is 37.3 Å². The topological polar surface area (TPSA) is 71.5 Å². The van der Waals surface area contributed by atoms with Crippen molar-refractivity contribution in [1.82, 2.24) is 14.6 Å². The Morgan fingerprint density at radius 2 is 2.22 bits per heavy atom. The molecule has 1 aromatic rings. The summed E-state index contributed by atoms with van der Waals surface area (Å²) in [4.78, 5) is 6.58. The van der Waals surface area contributed by atoms with Crippen molar-refractivity contribution in [2.75, 3.05) is 26.0 Å². The Morgan fingerprint density at radius 3 is 2.87 bits per heavy atom. The van der Waals surface area contributed by atoms with Crippen molar-refractivity contribution in [2.24, 2.45) is 0 Å².